The van der Waals surface area contributed by atoms with Crippen LogP contribution in [-0.2, 0) is 14.3 Å². The highest BCUT2D eigenvalue weighted by atomic mass is 79.9. The third kappa shape index (κ3) is 3.13. The molecule has 1 aromatic heterocycles. The monoisotopic (exact) mass is 376 g/mol. The van der Waals surface area contributed by atoms with E-state index < -0.39 is 10.1 Å². The van der Waals surface area contributed by atoms with Crippen LogP contribution in [-0.4, -0.2) is 38.9 Å². The van der Waals surface area contributed by atoms with Crippen molar-refractivity contribution in [3.63, 3.8) is 0 Å². The molecule has 0 amide bonds. The molecule has 1 unspecified atom stereocenters. The van der Waals surface area contributed by atoms with Gasteiger partial charge in [-0.3, -0.25) is 4.18 Å². The zero-order valence-electron chi connectivity index (χ0n) is 10.7. The molecule has 2 heterocycles. The van der Waals surface area contributed by atoms with E-state index in [0.29, 0.717) is 13.0 Å². The molecule has 1 aliphatic rings. The molecule has 5 nitrogen and oxygen atoms in total. The molecule has 0 saturated carbocycles. The predicted octanol–water partition coefficient (Wildman–Crippen LogP) is 2.61. The minimum absolute atomic E-state index is 0.274. The number of benzene rings is 1. The van der Waals surface area contributed by atoms with Crippen LogP contribution in [0.2, 0.25) is 0 Å². The molecular formula is C12H13BrN2O3S2. The van der Waals surface area contributed by atoms with E-state index in [1.807, 2.05) is 18.2 Å². The van der Waals surface area contributed by atoms with Crippen molar-refractivity contribution >= 4 is 52.7 Å². The number of hydrogen-bond donors (Lipinski definition) is 0. The van der Waals surface area contributed by atoms with Crippen molar-refractivity contribution in [2.24, 2.45) is 0 Å². The number of nitrogens with zero attached hydrogens (tertiary/aromatic N) is 2. The lowest BCUT2D eigenvalue weighted by molar-refractivity contribution is 0.234. The first-order valence-electron chi connectivity index (χ1n) is 6.10. The normalized spacial score (nSPS) is 19.9. The first kappa shape index (κ1) is 14.2. The summed E-state index contributed by atoms with van der Waals surface area (Å²) in [4.78, 5) is 6.66. The average molecular weight is 377 g/mol. The van der Waals surface area contributed by atoms with Gasteiger partial charge in [-0.1, -0.05) is 27.3 Å². The lowest BCUT2D eigenvalue weighted by Crippen LogP contribution is -2.24. The van der Waals surface area contributed by atoms with Gasteiger partial charge in [0.1, 0.15) is 0 Å². The fourth-order valence-corrected chi connectivity index (χ4v) is 4.45. The van der Waals surface area contributed by atoms with Gasteiger partial charge in [0.05, 0.1) is 22.6 Å². The lowest BCUT2D eigenvalue weighted by atomic mass is 10.3. The quantitative estimate of drug-likeness (QED) is 0.770. The number of aromatic nitrogens is 1. The van der Waals surface area contributed by atoms with E-state index >= 15 is 0 Å². The van der Waals surface area contributed by atoms with Crippen LogP contribution in [0.3, 0.4) is 0 Å². The maximum Gasteiger partial charge on any atom is 0.264 e. The molecule has 1 atom stereocenters. The molecule has 1 aliphatic heterocycles. The predicted molar refractivity (Wildman–Crippen MR) is 83.9 cm³/mol. The van der Waals surface area contributed by atoms with Gasteiger partial charge in [0.15, 0.2) is 5.13 Å². The fourth-order valence-electron chi connectivity index (χ4n) is 2.25. The van der Waals surface area contributed by atoms with E-state index in [1.54, 1.807) is 11.3 Å². The summed E-state index contributed by atoms with van der Waals surface area (Å²) < 4.78 is 29.5. The molecule has 2 aromatic rings. The maximum atomic E-state index is 11.1. The van der Waals surface area contributed by atoms with Crippen LogP contribution in [0.1, 0.15) is 6.42 Å². The summed E-state index contributed by atoms with van der Waals surface area (Å²) in [5.41, 5.74) is 0.959. The van der Waals surface area contributed by atoms with Crippen molar-refractivity contribution < 1.29 is 12.6 Å². The minimum atomic E-state index is -3.39. The summed E-state index contributed by atoms with van der Waals surface area (Å²) in [6, 6.07) is 5.97. The van der Waals surface area contributed by atoms with Crippen LogP contribution in [0.25, 0.3) is 10.2 Å². The van der Waals surface area contributed by atoms with Crippen molar-refractivity contribution in [1.82, 2.24) is 4.98 Å². The smallest absolute Gasteiger partial charge is 0.264 e. The Morgan fingerprint density at radius 3 is 3.05 bits per heavy atom. The number of thiazole rings is 1. The van der Waals surface area contributed by atoms with Gasteiger partial charge >= 0.3 is 0 Å². The van der Waals surface area contributed by atoms with Gasteiger partial charge in [-0.15, -0.1) is 0 Å². The number of rotatable bonds is 3. The molecule has 1 aromatic carbocycles. The molecule has 3 rings (SSSR count). The SMILES string of the molecule is CS(=O)(=O)OC1CCN(c2nc3ccc(Br)cc3s2)C1. The standard InChI is InChI=1S/C12H13BrN2O3S2/c1-20(16,17)18-9-4-5-15(7-9)12-14-10-3-2-8(13)6-11(10)19-12/h2-3,6,9H,4-5,7H2,1H3. The van der Waals surface area contributed by atoms with Crippen LogP contribution in [0.4, 0.5) is 5.13 Å². The third-order valence-electron chi connectivity index (χ3n) is 3.07. The van der Waals surface area contributed by atoms with Gasteiger partial charge in [0.25, 0.3) is 10.1 Å². The average Bonchev–Trinajstić information content (AvgIpc) is 2.92. The number of fused-ring (bicyclic) bond motifs is 1. The third-order valence-corrected chi connectivity index (χ3v) is 5.26. The largest absolute Gasteiger partial charge is 0.345 e. The highest BCUT2D eigenvalue weighted by Gasteiger charge is 2.28. The van der Waals surface area contributed by atoms with Gasteiger partial charge in [-0.05, 0) is 24.6 Å². The van der Waals surface area contributed by atoms with Crippen LogP contribution >= 0.6 is 27.3 Å². The Morgan fingerprint density at radius 2 is 2.30 bits per heavy atom. The van der Waals surface area contributed by atoms with E-state index in [9.17, 15) is 8.42 Å². The van der Waals surface area contributed by atoms with E-state index in [-0.39, 0.29) is 6.10 Å². The van der Waals surface area contributed by atoms with Crippen molar-refractivity contribution in [3.8, 4) is 0 Å². The number of halogens is 1. The van der Waals surface area contributed by atoms with Gasteiger partial charge < -0.3 is 4.90 Å². The van der Waals surface area contributed by atoms with E-state index in [2.05, 4.69) is 25.8 Å². The summed E-state index contributed by atoms with van der Waals surface area (Å²) in [6.45, 7) is 1.33. The summed E-state index contributed by atoms with van der Waals surface area (Å²) in [7, 11) is -3.39. The van der Waals surface area contributed by atoms with E-state index in [0.717, 1.165) is 32.6 Å². The molecule has 0 spiro atoms. The van der Waals surface area contributed by atoms with Crippen molar-refractivity contribution in [2.75, 3.05) is 24.2 Å². The van der Waals surface area contributed by atoms with Gasteiger partial charge in [0.2, 0.25) is 0 Å². The van der Waals surface area contributed by atoms with Crippen molar-refractivity contribution in [3.05, 3.63) is 22.7 Å². The zero-order valence-corrected chi connectivity index (χ0v) is 14.0. The fraction of sp³-hybridized carbons (Fsp3) is 0.417. The van der Waals surface area contributed by atoms with E-state index in [1.165, 1.54) is 0 Å². The first-order valence-corrected chi connectivity index (χ1v) is 9.52. The molecule has 108 valence electrons. The zero-order chi connectivity index (χ0) is 14.3. The Kier molecular flexibility index (Phi) is 3.74. The number of hydrogen-bond acceptors (Lipinski definition) is 6. The van der Waals surface area contributed by atoms with Crippen LogP contribution < -0.4 is 4.90 Å². The molecule has 0 N–H and O–H groups in total. The molecule has 8 heteroatoms. The van der Waals surface area contributed by atoms with Crippen molar-refractivity contribution in [2.45, 2.75) is 12.5 Å². The topological polar surface area (TPSA) is 59.5 Å². The Bertz CT molecular complexity index is 744. The number of anilines is 1. The first-order chi connectivity index (χ1) is 9.40. The Balaban J connectivity index is 1.79. The Hall–Kier alpha value is -0.700. The summed E-state index contributed by atoms with van der Waals surface area (Å²) >= 11 is 5.05. The molecule has 20 heavy (non-hydrogen) atoms. The van der Waals surface area contributed by atoms with Crippen LogP contribution in [0.5, 0.6) is 0 Å². The molecular weight excluding hydrogens is 364 g/mol. The van der Waals surface area contributed by atoms with E-state index in [4.69, 9.17) is 4.18 Å². The highest BCUT2D eigenvalue weighted by Crippen LogP contribution is 2.32. The van der Waals surface area contributed by atoms with Gasteiger partial charge in [-0.2, -0.15) is 8.42 Å². The Labute approximate surface area is 129 Å². The second-order valence-electron chi connectivity index (χ2n) is 4.77. The molecule has 1 fully saturated rings. The molecule has 0 radical (unpaired) electrons. The van der Waals surface area contributed by atoms with Crippen molar-refractivity contribution in [1.29, 1.82) is 0 Å². The summed E-state index contributed by atoms with van der Waals surface area (Å²) in [5.74, 6) is 0. The maximum absolute atomic E-state index is 11.1. The highest BCUT2D eigenvalue weighted by molar-refractivity contribution is 9.10. The second kappa shape index (κ2) is 5.25. The van der Waals surface area contributed by atoms with Crippen LogP contribution in [0, 0.1) is 0 Å². The Morgan fingerprint density at radius 1 is 1.50 bits per heavy atom. The lowest BCUT2D eigenvalue weighted by Gasteiger charge is -2.14. The summed E-state index contributed by atoms with van der Waals surface area (Å²) in [5, 5.41) is 0.915. The summed E-state index contributed by atoms with van der Waals surface area (Å²) in [6.07, 6.45) is 1.51. The molecule has 0 aliphatic carbocycles. The van der Waals surface area contributed by atoms with Gasteiger partial charge in [0, 0.05) is 17.6 Å². The second-order valence-corrected chi connectivity index (χ2v) is 8.29. The van der Waals surface area contributed by atoms with Crippen LogP contribution in [0.15, 0.2) is 22.7 Å². The molecule has 1 saturated heterocycles. The molecule has 0 bridgehead atoms. The van der Waals surface area contributed by atoms with Gasteiger partial charge in [-0.25, -0.2) is 4.98 Å². The minimum Gasteiger partial charge on any atom is -0.345 e.